The maximum atomic E-state index is 13.5. The molecule has 2 aromatic rings. The molecule has 2 aliphatic heterocycles. The molecule has 3 atom stereocenters. The molecule has 1 unspecified atom stereocenters. The molecule has 0 bridgehead atoms. The summed E-state index contributed by atoms with van der Waals surface area (Å²) in [4.78, 5) is 53.8. The maximum Gasteiger partial charge on any atom is 0.418 e. The Morgan fingerprint density at radius 2 is 1.82 bits per heavy atom. The van der Waals surface area contributed by atoms with Gasteiger partial charge in [-0.3, -0.25) is 9.59 Å². The SMILES string of the molecule is CNC(=O)Nc1ccc2c(c1)CCC21OC(=O)N(CC(=O)N2[C@H](C)CC[C@H]2c2ccc(C(F)(F)F)cc2)C1=O. The normalized spacial score (nSPS) is 24.2. The fourth-order valence-electron chi connectivity index (χ4n) is 5.77. The summed E-state index contributed by atoms with van der Waals surface area (Å²) in [6, 6.07) is 8.54. The first-order valence-corrected chi connectivity index (χ1v) is 12.6. The smallest absolute Gasteiger partial charge is 0.418 e. The highest BCUT2D eigenvalue weighted by Gasteiger charge is 2.58. The quantitative estimate of drug-likeness (QED) is 0.596. The molecule has 1 spiro atoms. The molecular weight excluding hydrogens is 517 g/mol. The first kappa shape index (κ1) is 26.5. The number of anilines is 1. The van der Waals surface area contributed by atoms with Gasteiger partial charge in [-0.15, -0.1) is 0 Å². The summed E-state index contributed by atoms with van der Waals surface area (Å²) in [6.07, 6.45) is -3.59. The molecule has 2 aromatic carbocycles. The number of amides is 5. The Morgan fingerprint density at radius 1 is 1.10 bits per heavy atom. The van der Waals surface area contributed by atoms with Crippen molar-refractivity contribution in [3.8, 4) is 0 Å². The second-order valence-corrected chi connectivity index (χ2v) is 10.0. The van der Waals surface area contributed by atoms with E-state index in [0.29, 0.717) is 36.1 Å². The maximum absolute atomic E-state index is 13.5. The number of likely N-dealkylation sites (tertiary alicyclic amines) is 1. The third-order valence-electron chi connectivity index (χ3n) is 7.72. The molecule has 2 saturated heterocycles. The molecule has 206 valence electrons. The lowest BCUT2D eigenvalue weighted by Gasteiger charge is -2.30. The topological polar surface area (TPSA) is 108 Å². The van der Waals surface area contributed by atoms with Crippen molar-refractivity contribution in [1.29, 1.82) is 0 Å². The summed E-state index contributed by atoms with van der Waals surface area (Å²) in [5.74, 6) is -1.12. The van der Waals surface area contributed by atoms with E-state index in [1.54, 1.807) is 18.2 Å². The van der Waals surface area contributed by atoms with Gasteiger partial charge in [-0.25, -0.2) is 14.5 Å². The Labute approximate surface area is 222 Å². The highest BCUT2D eigenvalue weighted by Crippen LogP contribution is 2.46. The Bertz CT molecular complexity index is 1350. The number of urea groups is 1. The van der Waals surface area contributed by atoms with Crippen molar-refractivity contribution in [3.05, 3.63) is 64.7 Å². The number of halogens is 3. The van der Waals surface area contributed by atoms with Gasteiger partial charge in [0.15, 0.2) is 0 Å². The molecule has 5 rings (SSSR count). The first-order chi connectivity index (χ1) is 18.4. The van der Waals surface area contributed by atoms with Crippen molar-refractivity contribution in [1.82, 2.24) is 15.1 Å². The summed E-state index contributed by atoms with van der Waals surface area (Å²) < 4.78 is 44.6. The van der Waals surface area contributed by atoms with Gasteiger partial charge in [0.2, 0.25) is 11.5 Å². The summed E-state index contributed by atoms with van der Waals surface area (Å²) in [5.41, 5.74) is 0.00919. The number of fused-ring (bicyclic) bond motifs is 2. The molecule has 3 aliphatic rings. The number of aryl methyl sites for hydroxylation is 1. The Morgan fingerprint density at radius 3 is 2.49 bits per heavy atom. The zero-order valence-electron chi connectivity index (χ0n) is 21.3. The summed E-state index contributed by atoms with van der Waals surface area (Å²) in [6.45, 7) is 1.29. The van der Waals surface area contributed by atoms with Crippen LogP contribution in [0.2, 0.25) is 0 Å². The molecule has 5 amide bonds. The third kappa shape index (κ3) is 4.57. The fraction of sp³-hybridized carbons (Fsp3) is 0.407. The molecular formula is C27H27F3N4O5. The second kappa shape index (κ2) is 9.58. The van der Waals surface area contributed by atoms with E-state index in [-0.39, 0.29) is 12.5 Å². The number of carbonyl (C=O) groups is 4. The number of benzene rings is 2. The molecule has 39 heavy (non-hydrogen) atoms. The molecule has 2 heterocycles. The van der Waals surface area contributed by atoms with Gasteiger partial charge in [0.25, 0.3) is 5.91 Å². The van der Waals surface area contributed by atoms with Crippen LogP contribution in [-0.4, -0.2) is 53.4 Å². The number of rotatable bonds is 4. The number of imide groups is 1. The highest BCUT2D eigenvalue weighted by atomic mass is 19.4. The summed E-state index contributed by atoms with van der Waals surface area (Å²) in [7, 11) is 1.48. The van der Waals surface area contributed by atoms with Crippen molar-refractivity contribution < 1.29 is 37.1 Å². The van der Waals surface area contributed by atoms with Crippen molar-refractivity contribution in [2.24, 2.45) is 0 Å². The van der Waals surface area contributed by atoms with Crippen LogP contribution in [0.1, 0.15) is 54.5 Å². The minimum atomic E-state index is -4.47. The number of nitrogens with one attached hydrogen (secondary N) is 2. The lowest BCUT2D eigenvalue weighted by molar-refractivity contribution is -0.143. The van der Waals surface area contributed by atoms with Gasteiger partial charge in [0, 0.05) is 30.8 Å². The van der Waals surface area contributed by atoms with E-state index in [1.807, 2.05) is 6.92 Å². The average Bonchev–Trinajstić information content (AvgIpc) is 3.53. The lowest BCUT2D eigenvalue weighted by atomic mass is 9.94. The van der Waals surface area contributed by atoms with E-state index in [2.05, 4.69) is 10.6 Å². The minimum absolute atomic E-state index is 0.204. The van der Waals surface area contributed by atoms with Gasteiger partial charge in [-0.2, -0.15) is 13.2 Å². The molecule has 1 aliphatic carbocycles. The van der Waals surface area contributed by atoms with Crippen LogP contribution < -0.4 is 10.6 Å². The number of nitrogens with zero attached hydrogens (tertiary/aromatic N) is 2. The zero-order valence-corrected chi connectivity index (χ0v) is 21.3. The van der Waals surface area contributed by atoms with Crippen LogP contribution in [0.15, 0.2) is 42.5 Å². The van der Waals surface area contributed by atoms with Crippen LogP contribution in [-0.2, 0) is 32.5 Å². The molecule has 0 aromatic heterocycles. The van der Waals surface area contributed by atoms with Crippen molar-refractivity contribution in [2.75, 3.05) is 18.9 Å². The van der Waals surface area contributed by atoms with Gasteiger partial charge in [-0.1, -0.05) is 18.2 Å². The predicted octanol–water partition coefficient (Wildman–Crippen LogP) is 4.33. The van der Waals surface area contributed by atoms with Gasteiger partial charge < -0.3 is 20.3 Å². The average molecular weight is 545 g/mol. The number of hydrogen-bond acceptors (Lipinski definition) is 5. The molecule has 2 N–H and O–H groups in total. The largest absolute Gasteiger partial charge is 0.427 e. The third-order valence-corrected chi connectivity index (χ3v) is 7.72. The van der Waals surface area contributed by atoms with Gasteiger partial charge in [-0.05, 0) is 61.6 Å². The Hall–Kier alpha value is -4.09. The van der Waals surface area contributed by atoms with E-state index in [0.717, 1.165) is 22.6 Å². The van der Waals surface area contributed by atoms with Crippen molar-refractivity contribution in [3.63, 3.8) is 0 Å². The molecule has 0 saturated carbocycles. The van der Waals surface area contributed by atoms with Gasteiger partial charge >= 0.3 is 18.3 Å². The Kier molecular flexibility index (Phi) is 6.51. The number of alkyl halides is 3. The van der Waals surface area contributed by atoms with Crippen LogP contribution in [0.5, 0.6) is 0 Å². The number of ether oxygens (including phenoxy) is 1. The van der Waals surface area contributed by atoms with Gasteiger partial charge in [0.1, 0.15) is 6.54 Å². The monoisotopic (exact) mass is 544 g/mol. The number of hydrogen-bond donors (Lipinski definition) is 2. The van der Waals surface area contributed by atoms with Crippen LogP contribution >= 0.6 is 0 Å². The van der Waals surface area contributed by atoms with Crippen molar-refractivity contribution >= 4 is 29.6 Å². The summed E-state index contributed by atoms with van der Waals surface area (Å²) in [5, 5.41) is 5.11. The Balaban J connectivity index is 1.34. The summed E-state index contributed by atoms with van der Waals surface area (Å²) >= 11 is 0. The zero-order chi connectivity index (χ0) is 28.1. The first-order valence-electron chi connectivity index (χ1n) is 12.6. The molecule has 9 nitrogen and oxygen atoms in total. The fourth-order valence-corrected chi connectivity index (χ4v) is 5.77. The molecule has 2 fully saturated rings. The second-order valence-electron chi connectivity index (χ2n) is 10.0. The van der Waals surface area contributed by atoms with E-state index < -0.39 is 53.9 Å². The minimum Gasteiger partial charge on any atom is -0.427 e. The molecule has 0 radical (unpaired) electrons. The van der Waals surface area contributed by atoms with E-state index in [1.165, 1.54) is 24.1 Å². The predicted molar refractivity (Wildman–Crippen MR) is 132 cm³/mol. The van der Waals surface area contributed by atoms with Crippen LogP contribution in [0.25, 0.3) is 0 Å². The lowest BCUT2D eigenvalue weighted by Crippen LogP contribution is -2.46. The standard InChI is InChI=1S/C27H27F3N4O5/c1-15-3-10-21(16-4-6-18(7-5-16)27(28,29)30)34(15)22(35)14-33-23(36)26(39-25(33)38)12-11-17-13-19(8-9-20(17)26)32-24(37)31-2/h4-9,13,15,21H,3,10-12,14H2,1-2H3,(H2,31,32,37)/t15-,21+,26?/m1/s1. The molecule has 12 heteroatoms. The van der Waals surface area contributed by atoms with Crippen LogP contribution in [0.3, 0.4) is 0 Å². The van der Waals surface area contributed by atoms with E-state index in [9.17, 15) is 32.3 Å². The van der Waals surface area contributed by atoms with Gasteiger partial charge in [0.05, 0.1) is 11.6 Å². The van der Waals surface area contributed by atoms with E-state index in [4.69, 9.17) is 4.74 Å². The highest BCUT2D eigenvalue weighted by molar-refractivity contribution is 6.06. The van der Waals surface area contributed by atoms with Crippen LogP contribution in [0.4, 0.5) is 28.4 Å². The van der Waals surface area contributed by atoms with Crippen LogP contribution in [0, 0.1) is 0 Å². The number of carbonyl (C=O) groups excluding carboxylic acids is 4. The van der Waals surface area contributed by atoms with E-state index >= 15 is 0 Å². The van der Waals surface area contributed by atoms with Crippen molar-refractivity contribution in [2.45, 2.75) is 56.5 Å².